The number of anilines is 1. The van der Waals surface area contributed by atoms with Crippen LogP contribution in [0.1, 0.15) is 17.3 Å². The summed E-state index contributed by atoms with van der Waals surface area (Å²) < 4.78 is 0. The molecule has 0 saturated carbocycles. The monoisotopic (exact) mass is 178 g/mol. The Bertz CT molecular complexity index is 292. The van der Waals surface area contributed by atoms with Crippen LogP contribution in [0.3, 0.4) is 0 Å². The van der Waals surface area contributed by atoms with Crippen molar-refractivity contribution in [3.63, 3.8) is 0 Å². The average molecular weight is 178 g/mol. The van der Waals surface area contributed by atoms with E-state index < -0.39 is 0 Å². The summed E-state index contributed by atoms with van der Waals surface area (Å²) >= 11 is 0. The van der Waals surface area contributed by atoms with E-state index in [4.69, 9.17) is 5.73 Å². The molecule has 2 N–H and O–H groups in total. The SMILES string of the molecule is CCN(C)c1ccc(C(N)=O)cc1. The third-order valence-corrected chi connectivity index (χ3v) is 2.07. The van der Waals surface area contributed by atoms with Gasteiger partial charge in [-0.3, -0.25) is 4.79 Å². The smallest absolute Gasteiger partial charge is 0.248 e. The predicted octanol–water partition coefficient (Wildman–Crippen LogP) is 1.24. The van der Waals surface area contributed by atoms with Crippen LogP contribution < -0.4 is 10.6 Å². The predicted molar refractivity (Wildman–Crippen MR) is 53.9 cm³/mol. The van der Waals surface area contributed by atoms with E-state index in [1.807, 2.05) is 19.2 Å². The van der Waals surface area contributed by atoms with Gasteiger partial charge < -0.3 is 10.6 Å². The van der Waals surface area contributed by atoms with Gasteiger partial charge in [-0.15, -0.1) is 0 Å². The first-order chi connectivity index (χ1) is 6.15. The number of carbonyl (C=O) groups is 1. The van der Waals surface area contributed by atoms with Crippen LogP contribution in [0.15, 0.2) is 24.3 Å². The minimum atomic E-state index is -0.384. The largest absolute Gasteiger partial charge is 0.375 e. The quantitative estimate of drug-likeness (QED) is 0.757. The number of nitrogens with two attached hydrogens (primary N) is 1. The summed E-state index contributed by atoms with van der Waals surface area (Å²) in [5, 5.41) is 0. The molecule has 0 aliphatic rings. The Morgan fingerprint density at radius 2 is 1.92 bits per heavy atom. The van der Waals surface area contributed by atoms with E-state index in [0.29, 0.717) is 5.56 Å². The summed E-state index contributed by atoms with van der Waals surface area (Å²) in [6.07, 6.45) is 0. The fourth-order valence-electron chi connectivity index (χ4n) is 1.06. The second kappa shape index (κ2) is 3.94. The van der Waals surface area contributed by atoms with Gasteiger partial charge in [0.05, 0.1) is 0 Å². The summed E-state index contributed by atoms with van der Waals surface area (Å²) in [4.78, 5) is 12.8. The van der Waals surface area contributed by atoms with Crippen molar-refractivity contribution in [3.8, 4) is 0 Å². The van der Waals surface area contributed by atoms with Crippen molar-refractivity contribution in [2.45, 2.75) is 6.92 Å². The lowest BCUT2D eigenvalue weighted by molar-refractivity contribution is 0.100. The molecule has 1 rings (SSSR count). The van der Waals surface area contributed by atoms with Gasteiger partial charge in [0.25, 0.3) is 0 Å². The van der Waals surface area contributed by atoms with Crippen molar-refractivity contribution in [2.24, 2.45) is 5.73 Å². The zero-order valence-corrected chi connectivity index (χ0v) is 7.95. The van der Waals surface area contributed by atoms with Crippen LogP contribution >= 0.6 is 0 Å². The molecule has 0 spiro atoms. The van der Waals surface area contributed by atoms with Gasteiger partial charge in [-0.2, -0.15) is 0 Å². The number of nitrogens with zero attached hydrogens (tertiary/aromatic N) is 1. The van der Waals surface area contributed by atoms with Gasteiger partial charge in [0, 0.05) is 24.8 Å². The van der Waals surface area contributed by atoms with Crippen molar-refractivity contribution in [1.82, 2.24) is 0 Å². The zero-order valence-electron chi connectivity index (χ0n) is 7.95. The maximum atomic E-state index is 10.8. The molecule has 0 aliphatic carbocycles. The molecular formula is C10H14N2O. The molecule has 13 heavy (non-hydrogen) atoms. The molecule has 0 saturated heterocycles. The summed E-state index contributed by atoms with van der Waals surface area (Å²) in [6, 6.07) is 7.26. The molecule has 70 valence electrons. The first-order valence-electron chi connectivity index (χ1n) is 4.26. The Morgan fingerprint density at radius 1 is 1.38 bits per heavy atom. The molecule has 1 amide bonds. The lowest BCUT2D eigenvalue weighted by Gasteiger charge is -2.16. The number of carbonyl (C=O) groups excluding carboxylic acids is 1. The molecule has 0 atom stereocenters. The van der Waals surface area contributed by atoms with Crippen molar-refractivity contribution in [2.75, 3.05) is 18.5 Å². The molecule has 3 nitrogen and oxygen atoms in total. The molecular weight excluding hydrogens is 164 g/mol. The molecule has 3 heteroatoms. The highest BCUT2D eigenvalue weighted by molar-refractivity contribution is 5.93. The second-order valence-corrected chi connectivity index (χ2v) is 2.93. The van der Waals surface area contributed by atoms with E-state index in [1.54, 1.807) is 12.1 Å². The van der Waals surface area contributed by atoms with Crippen molar-refractivity contribution in [3.05, 3.63) is 29.8 Å². The fourth-order valence-corrected chi connectivity index (χ4v) is 1.06. The van der Waals surface area contributed by atoms with Crippen LogP contribution in [-0.2, 0) is 0 Å². The van der Waals surface area contributed by atoms with Crippen molar-refractivity contribution < 1.29 is 4.79 Å². The molecule has 0 heterocycles. The minimum Gasteiger partial charge on any atom is -0.375 e. The van der Waals surface area contributed by atoms with E-state index in [0.717, 1.165) is 12.2 Å². The van der Waals surface area contributed by atoms with Gasteiger partial charge in [0.1, 0.15) is 0 Å². The first-order valence-corrected chi connectivity index (χ1v) is 4.26. The Labute approximate surface area is 78.2 Å². The minimum absolute atomic E-state index is 0.384. The van der Waals surface area contributed by atoms with E-state index in [1.165, 1.54) is 0 Å². The molecule has 1 aromatic carbocycles. The summed E-state index contributed by atoms with van der Waals surface area (Å²) in [5.41, 5.74) is 6.76. The average Bonchev–Trinajstić information content (AvgIpc) is 2.17. The number of primary amides is 1. The van der Waals surface area contributed by atoms with E-state index in [-0.39, 0.29) is 5.91 Å². The van der Waals surface area contributed by atoms with E-state index in [9.17, 15) is 4.79 Å². The summed E-state index contributed by atoms with van der Waals surface area (Å²) in [6.45, 7) is 3.01. The standard InChI is InChI=1S/C10H14N2O/c1-3-12(2)9-6-4-8(5-7-9)10(11)13/h4-7H,3H2,1-2H3,(H2,11,13). The van der Waals surface area contributed by atoms with Crippen LogP contribution in [0.5, 0.6) is 0 Å². The number of benzene rings is 1. The van der Waals surface area contributed by atoms with Gasteiger partial charge >= 0.3 is 0 Å². The topological polar surface area (TPSA) is 46.3 Å². The molecule has 0 aliphatic heterocycles. The maximum absolute atomic E-state index is 10.8. The summed E-state index contributed by atoms with van der Waals surface area (Å²) in [7, 11) is 2.00. The second-order valence-electron chi connectivity index (χ2n) is 2.93. The van der Waals surface area contributed by atoms with Gasteiger partial charge in [0.2, 0.25) is 5.91 Å². The normalized spacial score (nSPS) is 9.69. The van der Waals surface area contributed by atoms with E-state index >= 15 is 0 Å². The van der Waals surface area contributed by atoms with Crippen LogP contribution in [0.2, 0.25) is 0 Å². The molecule has 0 bridgehead atoms. The molecule has 1 aromatic rings. The highest BCUT2D eigenvalue weighted by Crippen LogP contribution is 2.12. The molecule has 0 fully saturated rings. The zero-order chi connectivity index (χ0) is 9.84. The Hall–Kier alpha value is -1.51. The molecule has 0 aromatic heterocycles. The van der Waals surface area contributed by atoms with Gasteiger partial charge in [0.15, 0.2) is 0 Å². The van der Waals surface area contributed by atoms with Crippen LogP contribution in [0.25, 0.3) is 0 Å². The molecule has 0 radical (unpaired) electrons. The highest BCUT2D eigenvalue weighted by atomic mass is 16.1. The van der Waals surface area contributed by atoms with Crippen LogP contribution in [0.4, 0.5) is 5.69 Å². The lowest BCUT2D eigenvalue weighted by Crippen LogP contribution is -2.16. The van der Waals surface area contributed by atoms with Gasteiger partial charge in [-0.05, 0) is 31.2 Å². The van der Waals surface area contributed by atoms with Crippen LogP contribution in [0, 0.1) is 0 Å². The van der Waals surface area contributed by atoms with Crippen molar-refractivity contribution >= 4 is 11.6 Å². The van der Waals surface area contributed by atoms with Crippen LogP contribution in [-0.4, -0.2) is 19.5 Å². The number of amides is 1. The molecule has 0 unspecified atom stereocenters. The third kappa shape index (κ3) is 2.21. The fraction of sp³-hybridized carbons (Fsp3) is 0.300. The highest BCUT2D eigenvalue weighted by Gasteiger charge is 2.01. The van der Waals surface area contributed by atoms with Crippen molar-refractivity contribution in [1.29, 1.82) is 0 Å². The Balaban J connectivity index is 2.87. The van der Waals surface area contributed by atoms with Gasteiger partial charge in [-0.1, -0.05) is 0 Å². The third-order valence-electron chi connectivity index (χ3n) is 2.07. The first kappa shape index (κ1) is 9.58. The lowest BCUT2D eigenvalue weighted by atomic mass is 10.2. The number of hydrogen-bond acceptors (Lipinski definition) is 2. The van der Waals surface area contributed by atoms with E-state index in [2.05, 4.69) is 11.8 Å². The Morgan fingerprint density at radius 3 is 2.31 bits per heavy atom. The number of hydrogen-bond donors (Lipinski definition) is 1. The number of rotatable bonds is 3. The Kier molecular flexibility index (Phi) is 2.90. The maximum Gasteiger partial charge on any atom is 0.248 e. The van der Waals surface area contributed by atoms with Gasteiger partial charge in [-0.25, -0.2) is 0 Å². The summed E-state index contributed by atoms with van der Waals surface area (Å²) in [5.74, 6) is -0.384.